The molecule has 2 aromatic rings. The lowest BCUT2D eigenvalue weighted by atomic mass is 10.1. The second kappa shape index (κ2) is 11.9. The predicted molar refractivity (Wildman–Crippen MR) is 128 cm³/mol. The maximum atomic E-state index is 5.33. The van der Waals surface area contributed by atoms with Crippen molar-refractivity contribution in [3.63, 3.8) is 0 Å². The van der Waals surface area contributed by atoms with Gasteiger partial charge in [-0.05, 0) is 36.1 Å². The summed E-state index contributed by atoms with van der Waals surface area (Å²) >= 11 is 0. The molecule has 0 fully saturated rings. The van der Waals surface area contributed by atoms with Crippen molar-refractivity contribution in [1.29, 1.82) is 0 Å². The highest BCUT2D eigenvalue weighted by Crippen LogP contribution is 2.28. The average molecular weight is 494 g/mol. The monoisotopic (exact) mass is 494 g/mol. The number of rotatable bonds is 8. The average Bonchev–Trinajstić information content (AvgIpc) is 3.11. The molecule has 0 radical (unpaired) electrons. The molecule has 0 amide bonds. The Bertz CT molecular complexity index is 748. The van der Waals surface area contributed by atoms with Crippen LogP contribution in [0, 0.1) is 0 Å². The molecule has 0 spiro atoms. The Morgan fingerprint density at radius 1 is 1.07 bits per heavy atom. The van der Waals surface area contributed by atoms with Gasteiger partial charge in [-0.1, -0.05) is 42.5 Å². The van der Waals surface area contributed by atoms with Crippen molar-refractivity contribution in [2.75, 3.05) is 38.3 Å². The van der Waals surface area contributed by atoms with Crippen LogP contribution in [0.4, 0.5) is 5.69 Å². The van der Waals surface area contributed by atoms with Crippen molar-refractivity contribution in [3.05, 3.63) is 65.2 Å². The van der Waals surface area contributed by atoms with E-state index in [0.717, 1.165) is 45.2 Å². The summed E-state index contributed by atoms with van der Waals surface area (Å²) in [7, 11) is 1.78. The Hall–Kier alpha value is -1.80. The summed E-state index contributed by atoms with van der Waals surface area (Å²) in [6.07, 6.45) is 1.15. The topological polar surface area (TPSA) is 48.9 Å². The van der Waals surface area contributed by atoms with Crippen LogP contribution in [-0.4, -0.2) is 39.3 Å². The molecule has 0 saturated carbocycles. The van der Waals surface area contributed by atoms with Crippen LogP contribution in [0.5, 0.6) is 0 Å². The number of nitrogens with one attached hydrogen (secondary N) is 2. The molecule has 5 nitrogen and oxygen atoms in total. The van der Waals surface area contributed by atoms with Gasteiger partial charge in [0.1, 0.15) is 0 Å². The lowest BCUT2D eigenvalue weighted by Gasteiger charge is -2.19. The number of ether oxygens (including phenoxy) is 1. The van der Waals surface area contributed by atoms with E-state index in [-0.39, 0.29) is 24.0 Å². The standard InChI is InChI=1S/C22H30N4O.HI/c1-3-27-15-13-24-22(23-2)25-16-18-8-10-19(11-9-18)17-26-14-12-20-6-4-5-7-21(20)26;/h4-11H,3,12-17H2,1-2H3,(H2,23,24,25);1H. The molecule has 1 aliphatic rings. The lowest BCUT2D eigenvalue weighted by molar-refractivity contribution is 0.152. The van der Waals surface area contributed by atoms with Gasteiger partial charge in [-0.15, -0.1) is 24.0 Å². The van der Waals surface area contributed by atoms with Crippen LogP contribution < -0.4 is 15.5 Å². The summed E-state index contributed by atoms with van der Waals surface area (Å²) in [5, 5.41) is 6.59. The van der Waals surface area contributed by atoms with Crippen molar-refractivity contribution in [1.82, 2.24) is 10.6 Å². The summed E-state index contributed by atoms with van der Waals surface area (Å²) in [5.74, 6) is 0.799. The number of hydrogen-bond donors (Lipinski definition) is 2. The lowest BCUT2D eigenvalue weighted by Crippen LogP contribution is -2.38. The van der Waals surface area contributed by atoms with Crippen LogP contribution >= 0.6 is 24.0 Å². The number of halogens is 1. The van der Waals surface area contributed by atoms with Crippen LogP contribution in [0.2, 0.25) is 0 Å². The molecule has 0 saturated heterocycles. The molecule has 6 heteroatoms. The van der Waals surface area contributed by atoms with Gasteiger partial charge in [0.2, 0.25) is 0 Å². The number of para-hydroxylation sites is 1. The summed E-state index contributed by atoms with van der Waals surface area (Å²) in [5.41, 5.74) is 5.43. The molecule has 2 N–H and O–H groups in total. The number of anilines is 1. The van der Waals surface area contributed by atoms with Crippen molar-refractivity contribution < 1.29 is 4.74 Å². The Kier molecular flexibility index (Phi) is 9.57. The summed E-state index contributed by atoms with van der Waals surface area (Å²) in [6, 6.07) is 17.6. The third kappa shape index (κ3) is 6.38. The number of nitrogens with zero attached hydrogens (tertiary/aromatic N) is 2. The molecule has 3 rings (SSSR count). The highest BCUT2D eigenvalue weighted by Gasteiger charge is 2.17. The molecular formula is C22H31IN4O. The quantitative estimate of drug-likeness (QED) is 0.255. The normalized spacial score (nSPS) is 13.1. The molecule has 0 bridgehead atoms. The Labute approximate surface area is 185 Å². The van der Waals surface area contributed by atoms with Crippen LogP contribution in [0.15, 0.2) is 53.5 Å². The first kappa shape index (κ1) is 22.5. The fourth-order valence-corrected chi connectivity index (χ4v) is 3.35. The van der Waals surface area contributed by atoms with E-state index in [1.165, 1.54) is 22.4 Å². The summed E-state index contributed by atoms with van der Waals surface area (Å²) in [6.45, 7) is 7.00. The van der Waals surface area contributed by atoms with Crippen molar-refractivity contribution >= 4 is 35.6 Å². The highest BCUT2D eigenvalue weighted by atomic mass is 127. The maximum Gasteiger partial charge on any atom is 0.191 e. The van der Waals surface area contributed by atoms with E-state index < -0.39 is 0 Å². The molecular weight excluding hydrogens is 463 g/mol. The minimum Gasteiger partial charge on any atom is -0.380 e. The first-order chi connectivity index (χ1) is 13.3. The van der Waals surface area contributed by atoms with Gasteiger partial charge >= 0.3 is 0 Å². The van der Waals surface area contributed by atoms with Crippen molar-refractivity contribution in [2.45, 2.75) is 26.4 Å². The third-order valence-electron chi connectivity index (χ3n) is 4.81. The van der Waals surface area contributed by atoms with Crippen LogP contribution in [0.1, 0.15) is 23.6 Å². The van der Waals surface area contributed by atoms with Gasteiger partial charge in [0.05, 0.1) is 6.61 Å². The third-order valence-corrected chi connectivity index (χ3v) is 4.81. The van der Waals surface area contributed by atoms with E-state index in [1.807, 2.05) is 6.92 Å². The zero-order valence-electron chi connectivity index (χ0n) is 16.8. The second-order valence-corrected chi connectivity index (χ2v) is 6.67. The predicted octanol–water partition coefficient (Wildman–Crippen LogP) is 3.57. The SMILES string of the molecule is CCOCCNC(=NC)NCc1ccc(CN2CCc3ccccc32)cc1.I. The van der Waals surface area contributed by atoms with Crippen LogP contribution in [-0.2, 0) is 24.2 Å². The van der Waals surface area contributed by atoms with E-state index in [1.54, 1.807) is 7.05 Å². The molecule has 28 heavy (non-hydrogen) atoms. The molecule has 152 valence electrons. The van der Waals surface area contributed by atoms with Gasteiger partial charge in [0.15, 0.2) is 5.96 Å². The van der Waals surface area contributed by atoms with Gasteiger partial charge in [-0.3, -0.25) is 4.99 Å². The van der Waals surface area contributed by atoms with Gasteiger partial charge in [-0.25, -0.2) is 0 Å². The summed E-state index contributed by atoms with van der Waals surface area (Å²) in [4.78, 5) is 6.71. The molecule has 0 atom stereocenters. The van der Waals surface area contributed by atoms with Gasteiger partial charge < -0.3 is 20.3 Å². The Balaban J connectivity index is 0.00000280. The minimum atomic E-state index is 0. The molecule has 0 aromatic heterocycles. The molecule has 0 aliphatic carbocycles. The van der Waals surface area contributed by atoms with E-state index >= 15 is 0 Å². The fraction of sp³-hybridized carbons (Fsp3) is 0.409. The number of aliphatic imine (C=N–C) groups is 1. The first-order valence-corrected chi connectivity index (χ1v) is 9.73. The molecule has 1 heterocycles. The largest absolute Gasteiger partial charge is 0.380 e. The highest BCUT2D eigenvalue weighted by molar-refractivity contribution is 14.0. The number of hydrogen-bond acceptors (Lipinski definition) is 3. The number of benzene rings is 2. The van der Waals surface area contributed by atoms with Gasteiger partial charge in [0.25, 0.3) is 0 Å². The molecule has 1 aliphatic heterocycles. The number of guanidine groups is 1. The van der Waals surface area contributed by atoms with E-state index in [4.69, 9.17) is 4.74 Å². The molecule has 0 unspecified atom stereocenters. The fourth-order valence-electron chi connectivity index (χ4n) is 3.35. The smallest absolute Gasteiger partial charge is 0.191 e. The van der Waals surface area contributed by atoms with Crippen molar-refractivity contribution in [2.24, 2.45) is 4.99 Å². The number of fused-ring (bicyclic) bond motifs is 1. The van der Waals surface area contributed by atoms with Gasteiger partial charge in [-0.2, -0.15) is 0 Å². The second-order valence-electron chi connectivity index (χ2n) is 6.67. The Morgan fingerprint density at radius 2 is 1.82 bits per heavy atom. The summed E-state index contributed by atoms with van der Waals surface area (Å²) < 4.78 is 5.33. The minimum absolute atomic E-state index is 0. The zero-order chi connectivity index (χ0) is 18.9. The van der Waals surface area contributed by atoms with E-state index in [0.29, 0.717) is 6.61 Å². The Morgan fingerprint density at radius 3 is 2.57 bits per heavy atom. The zero-order valence-corrected chi connectivity index (χ0v) is 19.1. The van der Waals surface area contributed by atoms with E-state index in [9.17, 15) is 0 Å². The maximum absolute atomic E-state index is 5.33. The first-order valence-electron chi connectivity index (χ1n) is 9.73. The molecule has 2 aromatic carbocycles. The van der Waals surface area contributed by atoms with E-state index in [2.05, 4.69) is 69.1 Å². The van der Waals surface area contributed by atoms with Crippen LogP contribution in [0.3, 0.4) is 0 Å². The van der Waals surface area contributed by atoms with Crippen molar-refractivity contribution in [3.8, 4) is 0 Å². The van der Waals surface area contributed by atoms with Crippen LogP contribution in [0.25, 0.3) is 0 Å². The van der Waals surface area contributed by atoms with Gasteiger partial charge in [0, 0.05) is 45.5 Å².